The van der Waals surface area contributed by atoms with Crippen molar-refractivity contribution in [3.8, 4) is 5.75 Å². The maximum absolute atomic E-state index is 14.5. The van der Waals surface area contributed by atoms with Gasteiger partial charge >= 0.3 is 0 Å². The van der Waals surface area contributed by atoms with Crippen molar-refractivity contribution < 1.29 is 33.9 Å². The third-order valence-electron chi connectivity index (χ3n) is 14.3. The number of guanidine groups is 1. The normalized spacial score (nSPS) is 16.5. The largest absolute Gasteiger partial charge is 0.508 e. The number of likely N-dealkylation sites (tertiary alicyclic amines) is 1. The van der Waals surface area contributed by atoms with E-state index in [9.17, 15) is 33.9 Å². The molecule has 18 heteroatoms. The van der Waals surface area contributed by atoms with Gasteiger partial charge in [0.1, 0.15) is 29.9 Å². The van der Waals surface area contributed by atoms with Crippen LogP contribution in [0.15, 0.2) is 102 Å². The smallest absolute Gasteiger partial charge is 0.245 e. The van der Waals surface area contributed by atoms with Gasteiger partial charge in [-0.1, -0.05) is 84.9 Å². The van der Waals surface area contributed by atoms with E-state index < -0.39 is 65.7 Å². The van der Waals surface area contributed by atoms with E-state index in [0.717, 1.165) is 72.3 Å². The molecule has 0 saturated carbocycles. The third kappa shape index (κ3) is 18.0. The standard InChI is InChI=1S/C57H77N11O7/c1-37-30-44(69)31-38(2)45(37)35-46(58)53(72)64-48(20-11-12-25-62-57(60)61)55(74)66-50-34-42-18-9-10-19-43(42)36-68(56(50)75)29-24-51(70)63-47(54(73)65-49(52(59)71)33-40-16-7-4-8-17-40)21-13-26-67-27-22-41(23-28-67)32-39-14-5-3-6-15-39/h3-10,14-19,30-31,41,46-50,69H,11-13,20-29,32-36,58H2,1-2H3,(H2,59,71)(H,63,70)(H,64,72)(H,65,73)(H,66,74)(H4,60,61,62)/t46-,47-,48+,49-,50-/m0/s1. The van der Waals surface area contributed by atoms with Crippen molar-refractivity contribution in [3.63, 3.8) is 0 Å². The number of fused-ring (bicyclic) bond motifs is 1. The zero-order valence-electron chi connectivity index (χ0n) is 43.5. The summed E-state index contributed by atoms with van der Waals surface area (Å²) in [6, 6.07) is 25.3. The summed E-state index contributed by atoms with van der Waals surface area (Å²) in [7, 11) is 0. The molecule has 18 nitrogen and oxygen atoms in total. The van der Waals surface area contributed by atoms with Gasteiger partial charge in [-0.25, -0.2) is 0 Å². The van der Waals surface area contributed by atoms with Gasteiger partial charge in [-0.05, 0) is 148 Å². The Morgan fingerprint density at radius 2 is 1.31 bits per heavy atom. The molecule has 6 amide bonds. The number of benzene rings is 4. The maximum Gasteiger partial charge on any atom is 0.245 e. The fraction of sp³-hybridized carbons (Fsp3) is 0.456. The number of nitrogens with zero attached hydrogens (tertiary/aromatic N) is 3. The van der Waals surface area contributed by atoms with Gasteiger partial charge in [0.25, 0.3) is 0 Å². The highest BCUT2D eigenvalue weighted by Crippen LogP contribution is 2.25. The summed E-state index contributed by atoms with van der Waals surface area (Å²) in [4.78, 5) is 91.2. The first-order valence-corrected chi connectivity index (χ1v) is 26.3. The number of rotatable bonds is 26. The highest BCUT2D eigenvalue weighted by atomic mass is 16.3. The zero-order valence-corrected chi connectivity index (χ0v) is 43.5. The summed E-state index contributed by atoms with van der Waals surface area (Å²) in [6.07, 6.45) is 5.56. The summed E-state index contributed by atoms with van der Waals surface area (Å²) < 4.78 is 0. The topological polar surface area (TPSA) is 294 Å². The number of phenolic OH excluding ortho intramolecular Hbond substituents is 1. The lowest BCUT2D eigenvalue weighted by atomic mass is 9.90. The molecule has 5 atom stereocenters. The van der Waals surface area contributed by atoms with Crippen LogP contribution in [-0.4, -0.2) is 119 Å². The second-order valence-corrected chi connectivity index (χ2v) is 20.2. The molecule has 0 aromatic heterocycles. The Hall–Kier alpha value is -7.31. The van der Waals surface area contributed by atoms with Crippen LogP contribution in [0.2, 0.25) is 0 Å². The Balaban J connectivity index is 1.12. The predicted molar refractivity (Wildman–Crippen MR) is 290 cm³/mol. The highest BCUT2D eigenvalue weighted by molar-refractivity contribution is 5.94. The van der Waals surface area contributed by atoms with E-state index in [1.807, 2.05) is 74.5 Å². The number of aryl methyl sites for hydroxylation is 2. The van der Waals surface area contributed by atoms with Crippen LogP contribution < -0.4 is 44.2 Å². The predicted octanol–water partition coefficient (Wildman–Crippen LogP) is 2.70. The summed E-state index contributed by atoms with van der Waals surface area (Å²) >= 11 is 0. The zero-order chi connectivity index (χ0) is 53.9. The van der Waals surface area contributed by atoms with Crippen molar-refractivity contribution in [2.45, 2.75) is 128 Å². The molecule has 0 unspecified atom stereocenters. The van der Waals surface area contributed by atoms with Crippen molar-refractivity contribution in [1.82, 2.24) is 31.1 Å². The van der Waals surface area contributed by atoms with Crippen LogP contribution in [0.25, 0.3) is 0 Å². The average Bonchev–Trinajstić information content (AvgIpc) is 3.51. The monoisotopic (exact) mass is 1030 g/mol. The van der Waals surface area contributed by atoms with E-state index in [-0.39, 0.29) is 56.9 Å². The van der Waals surface area contributed by atoms with Crippen LogP contribution in [0, 0.1) is 19.8 Å². The van der Waals surface area contributed by atoms with E-state index in [1.165, 1.54) is 10.5 Å². The molecule has 4 aromatic rings. The second kappa shape index (κ2) is 28.4. The molecular weight excluding hydrogens is 951 g/mol. The molecule has 6 rings (SSSR count). The van der Waals surface area contributed by atoms with Crippen LogP contribution >= 0.6 is 0 Å². The summed E-state index contributed by atoms with van der Waals surface area (Å²) in [5.41, 5.74) is 29.4. The lowest BCUT2D eigenvalue weighted by Crippen LogP contribution is -2.56. The summed E-state index contributed by atoms with van der Waals surface area (Å²) in [5, 5.41) is 21.5. The number of carbonyl (C=O) groups excluding carboxylic acids is 6. The van der Waals surface area contributed by atoms with E-state index in [2.05, 4.69) is 55.4 Å². The van der Waals surface area contributed by atoms with Gasteiger partial charge < -0.3 is 59.1 Å². The second-order valence-electron chi connectivity index (χ2n) is 20.2. The molecule has 402 valence electrons. The number of nitrogens with two attached hydrogens (primary N) is 4. The van der Waals surface area contributed by atoms with Crippen LogP contribution in [0.1, 0.15) is 90.3 Å². The first kappa shape index (κ1) is 57.0. The number of aliphatic imine (C=N–C) groups is 1. The number of piperidine rings is 1. The van der Waals surface area contributed by atoms with Gasteiger partial charge in [-0.3, -0.25) is 33.8 Å². The molecule has 75 heavy (non-hydrogen) atoms. The first-order valence-electron chi connectivity index (χ1n) is 26.3. The van der Waals surface area contributed by atoms with Crippen LogP contribution in [0.3, 0.4) is 0 Å². The van der Waals surface area contributed by atoms with Gasteiger partial charge in [-0.2, -0.15) is 0 Å². The van der Waals surface area contributed by atoms with Crippen molar-refractivity contribution in [3.05, 3.63) is 136 Å². The minimum Gasteiger partial charge on any atom is -0.508 e. The van der Waals surface area contributed by atoms with Crippen molar-refractivity contribution in [2.75, 3.05) is 32.7 Å². The number of phenols is 1. The molecule has 0 aliphatic carbocycles. The number of hydrogen-bond donors (Lipinski definition) is 9. The lowest BCUT2D eigenvalue weighted by molar-refractivity contribution is -0.138. The Morgan fingerprint density at radius 1 is 0.707 bits per heavy atom. The molecule has 4 aromatic carbocycles. The minimum absolute atomic E-state index is 0.0363. The number of aromatic hydroxyl groups is 1. The number of primary amides is 1. The molecule has 0 spiro atoms. The maximum atomic E-state index is 14.5. The Morgan fingerprint density at radius 3 is 1.96 bits per heavy atom. The highest BCUT2D eigenvalue weighted by Gasteiger charge is 2.34. The molecular formula is C57H77N11O7. The Labute approximate surface area is 440 Å². The summed E-state index contributed by atoms with van der Waals surface area (Å²) in [6.45, 7) is 6.67. The average molecular weight is 1030 g/mol. The van der Waals surface area contributed by atoms with Crippen molar-refractivity contribution in [1.29, 1.82) is 0 Å². The minimum atomic E-state index is -1.08. The van der Waals surface area contributed by atoms with E-state index in [0.29, 0.717) is 38.1 Å². The number of nitrogens with one attached hydrogen (secondary N) is 4. The van der Waals surface area contributed by atoms with Crippen LogP contribution in [0.4, 0.5) is 0 Å². The SMILES string of the molecule is Cc1cc(O)cc(C)c1C[C@H](N)C(=O)N[C@H](CCCCN=C(N)N)C(=O)N[C@H]1Cc2ccccc2CN(CCC(=O)N[C@@H](CCCN2CCC(Cc3ccccc3)CC2)C(=O)N[C@@H](Cc2ccccc2)C(N)=O)C1=O. The Kier molecular flexibility index (Phi) is 21.6. The molecule has 2 aliphatic rings. The quantitative estimate of drug-likeness (QED) is 0.0250. The van der Waals surface area contributed by atoms with E-state index in [1.54, 1.807) is 12.1 Å². The fourth-order valence-corrected chi connectivity index (χ4v) is 10.1. The number of unbranched alkanes of at least 4 members (excludes halogenated alkanes) is 1. The van der Waals surface area contributed by atoms with E-state index in [4.69, 9.17) is 22.9 Å². The summed E-state index contributed by atoms with van der Waals surface area (Å²) in [5.74, 6) is -2.64. The van der Waals surface area contributed by atoms with Crippen LogP contribution in [-0.2, 0) is 61.0 Å². The molecule has 0 radical (unpaired) electrons. The third-order valence-corrected chi connectivity index (χ3v) is 14.3. The Bertz CT molecular complexity index is 2560. The van der Waals surface area contributed by atoms with Gasteiger partial charge in [0.05, 0.1) is 6.04 Å². The molecule has 0 bridgehead atoms. The number of hydrogen-bond acceptors (Lipinski definition) is 10. The van der Waals surface area contributed by atoms with Crippen LogP contribution in [0.5, 0.6) is 5.75 Å². The molecule has 13 N–H and O–H groups in total. The van der Waals surface area contributed by atoms with Crippen molar-refractivity contribution in [2.24, 2.45) is 33.8 Å². The lowest BCUT2D eigenvalue weighted by Gasteiger charge is -2.32. The fourth-order valence-electron chi connectivity index (χ4n) is 10.1. The van der Waals surface area contributed by atoms with E-state index >= 15 is 0 Å². The first-order chi connectivity index (χ1) is 36.0. The van der Waals surface area contributed by atoms with Gasteiger partial charge in [-0.15, -0.1) is 0 Å². The van der Waals surface area contributed by atoms with Gasteiger partial charge in [0, 0.05) is 38.9 Å². The number of carbonyl (C=O) groups is 6. The number of amides is 6. The molecule has 1 saturated heterocycles. The van der Waals surface area contributed by atoms with Gasteiger partial charge in [0.2, 0.25) is 35.4 Å². The molecule has 2 heterocycles. The van der Waals surface area contributed by atoms with Crippen molar-refractivity contribution >= 4 is 41.4 Å². The molecule has 2 aliphatic heterocycles. The molecule has 1 fully saturated rings. The van der Waals surface area contributed by atoms with Gasteiger partial charge in [0.15, 0.2) is 5.96 Å².